The molecule has 0 bridgehead atoms. The third kappa shape index (κ3) is 5.80. The van der Waals surface area contributed by atoms with Crippen molar-refractivity contribution in [3.05, 3.63) is 62.8 Å². The minimum absolute atomic E-state index is 0.0169. The van der Waals surface area contributed by atoms with Gasteiger partial charge in [0.25, 0.3) is 0 Å². The molecule has 0 atom stereocenters. The molecule has 1 aromatic heterocycles. The second-order valence-electron chi connectivity index (χ2n) is 6.40. The zero-order valence-corrected chi connectivity index (χ0v) is 16.6. The Labute approximate surface area is 161 Å². The van der Waals surface area contributed by atoms with Gasteiger partial charge in [-0.2, -0.15) is 0 Å². The van der Waals surface area contributed by atoms with Crippen LogP contribution in [0.15, 0.2) is 52.3 Å². The molecule has 0 radical (unpaired) electrons. The maximum atomic E-state index is 12.0. The highest BCUT2D eigenvalue weighted by atomic mass is 79.9. The first-order chi connectivity index (χ1) is 12.2. The summed E-state index contributed by atoms with van der Waals surface area (Å²) in [6.45, 7) is 4.06. The predicted molar refractivity (Wildman–Crippen MR) is 109 cm³/mol. The molecular formula is C20H23BrN2OS. The summed E-state index contributed by atoms with van der Waals surface area (Å²) in [6, 6.07) is 12.2. The fourth-order valence-electron chi connectivity index (χ4n) is 3.05. The van der Waals surface area contributed by atoms with Crippen molar-refractivity contribution in [2.75, 3.05) is 19.6 Å². The first kappa shape index (κ1) is 18.4. The average Bonchev–Trinajstić information content (AvgIpc) is 3.13. The number of carbonyl (C=O) groups is 1. The Morgan fingerprint density at radius 1 is 1.24 bits per heavy atom. The largest absolute Gasteiger partial charge is 0.352 e. The highest BCUT2D eigenvalue weighted by molar-refractivity contribution is 9.10. The van der Waals surface area contributed by atoms with Crippen LogP contribution in [0.25, 0.3) is 6.08 Å². The minimum Gasteiger partial charge on any atom is -0.352 e. The van der Waals surface area contributed by atoms with Gasteiger partial charge in [0.15, 0.2) is 0 Å². The summed E-state index contributed by atoms with van der Waals surface area (Å²) < 4.78 is 0.997. The van der Waals surface area contributed by atoms with E-state index in [0.717, 1.165) is 49.1 Å². The van der Waals surface area contributed by atoms with Crippen LogP contribution in [-0.2, 0) is 11.3 Å². The van der Waals surface area contributed by atoms with E-state index in [0.29, 0.717) is 5.92 Å². The van der Waals surface area contributed by atoms with Gasteiger partial charge in [-0.15, -0.1) is 11.3 Å². The molecule has 1 aromatic carbocycles. The van der Waals surface area contributed by atoms with E-state index >= 15 is 0 Å². The summed E-state index contributed by atoms with van der Waals surface area (Å²) in [5.41, 5.74) is 1.01. The molecule has 1 N–H and O–H groups in total. The summed E-state index contributed by atoms with van der Waals surface area (Å²) in [7, 11) is 0. The van der Waals surface area contributed by atoms with Crippen LogP contribution in [0.2, 0.25) is 0 Å². The van der Waals surface area contributed by atoms with Crippen LogP contribution in [-0.4, -0.2) is 30.4 Å². The van der Waals surface area contributed by atoms with E-state index in [1.54, 1.807) is 6.08 Å². The van der Waals surface area contributed by atoms with Crippen molar-refractivity contribution < 1.29 is 4.79 Å². The van der Waals surface area contributed by atoms with Gasteiger partial charge in [-0.25, -0.2) is 0 Å². The molecule has 1 fully saturated rings. The standard InChI is InChI=1S/C20H23BrN2OS/c21-19-6-2-1-4-17(19)7-8-20(24)22-14-16-9-11-23(12-10-16)15-18-5-3-13-25-18/h1-8,13,16H,9-12,14-15H2,(H,22,24)/b8-7+. The lowest BCUT2D eigenvalue weighted by Crippen LogP contribution is -2.37. The molecular weight excluding hydrogens is 396 g/mol. The summed E-state index contributed by atoms with van der Waals surface area (Å²) in [6.07, 6.45) is 5.77. The lowest BCUT2D eigenvalue weighted by atomic mass is 9.97. The zero-order valence-electron chi connectivity index (χ0n) is 14.2. The van der Waals surface area contributed by atoms with Crippen molar-refractivity contribution in [3.8, 4) is 0 Å². The molecule has 1 amide bonds. The second kappa shape index (κ2) is 9.32. The number of nitrogens with zero attached hydrogens (tertiary/aromatic N) is 1. The molecule has 5 heteroatoms. The van der Waals surface area contributed by atoms with E-state index in [-0.39, 0.29) is 5.91 Å². The predicted octanol–water partition coefficient (Wildman–Crippen LogP) is 4.55. The molecule has 3 nitrogen and oxygen atoms in total. The Morgan fingerprint density at radius 2 is 2.04 bits per heavy atom. The molecule has 3 rings (SSSR count). The third-order valence-electron chi connectivity index (χ3n) is 4.55. The Hall–Kier alpha value is -1.43. The number of nitrogens with one attached hydrogen (secondary N) is 1. The first-order valence-electron chi connectivity index (χ1n) is 8.66. The first-order valence-corrected chi connectivity index (χ1v) is 10.3. The van der Waals surface area contributed by atoms with E-state index in [9.17, 15) is 4.79 Å². The Balaban J connectivity index is 1.38. The average molecular weight is 419 g/mol. The van der Waals surface area contributed by atoms with E-state index in [1.807, 2.05) is 41.7 Å². The third-order valence-corrected chi connectivity index (χ3v) is 6.13. The maximum Gasteiger partial charge on any atom is 0.244 e. The van der Waals surface area contributed by atoms with Crippen molar-refractivity contribution in [2.24, 2.45) is 5.92 Å². The SMILES string of the molecule is O=C(/C=C/c1ccccc1Br)NCC1CCN(Cc2cccs2)CC1. The van der Waals surface area contributed by atoms with Crippen molar-refractivity contribution >= 4 is 39.2 Å². The summed E-state index contributed by atoms with van der Waals surface area (Å²) in [5, 5.41) is 5.18. The van der Waals surface area contributed by atoms with Gasteiger partial charge in [-0.05, 0) is 61.0 Å². The molecule has 1 aliphatic heterocycles. The maximum absolute atomic E-state index is 12.0. The van der Waals surface area contributed by atoms with Gasteiger partial charge in [-0.3, -0.25) is 9.69 Å². The van der Waals surface area contributed by atoms with Crippen LogP contribution < -0.4 is 5.32 Å². The summed E-state index contributed by atoms with van der Waals surface area (Å²) in [4.78, 5) is 16.0. The molecule has 0 aliphatic carbocycles. The fraction of sp³-hybridized carbons (Fsp3) is 0.350. The van der Waals surface area contributed by atoms with Gasteiger partial charge >= 0.3 is 0 Å². The molecule has 2 heterocycles. The normalized spacial score (nSPS) is 16.4. The number of rotatable bonds is 6. The number of likely N-dealkylation sites (tertiary alicyclic amines) is 1. The highest BCUT2D eigenvalue weighted by Crippen LogP contribution is 2.20. The highest BCUT2D eigenvalue weighted by Gasteiger charge is 2.19. The van der Waals surface area contributed by atoms with Crippen LogP contribution >= 0.6 is 27.3 Å². The number of halogens is 1. The van der Waals surface area contributed by atoms with Crippen LogP contribution in [0.5, 0.6) is 0 Å². The topological polar surface area (TPSA) is 32.3 Å². The number of piperidine rings is 1. The molecule has 2 aromatic rings. The van der Waals surface area contributed by atoms with Crippen molar-refractivity contribution in [2.45, 2.75) is 19.4 Å². The molecule has 0 spiro atoms. The zero-order chi connectivity index (χ0) is 17.5. The number of benzene rings is 1. The van der Waals surface area contributed by atoms with E-state index in [2.05, 4.69) is 43.7 Å². The molecule has 0 saturated carbocycles. The smallest absolute Gasteiger partial charge is 0.244 e. The quantitative estimate of drug-likeness (QED) is 0.697. The van der Waals surface area contributed by atoms with Crippen molar-refractivity contribution in [1.29, 1.82) is 0 Å². The van der Waals surface area contributed by atoms with Gasteiger partial charge in [0.05, 0.1) is 0 Å². The van der Waals surface area contributed by atoms with Gasteiger partial charge in [0.1, 0.15) is 0 Å². The van der Waals surface area contributed by atoms with Crippen LogP contribution in [0.3, 0.4) is 0 Å². The number of thiophene rings is 1. The van der Waals surface area contributed by atoms with E-state index in [1.165, 1.54) is 4.88 Å². The second-order valence-corrected chi connectivity index (χ2v) is 8.29. The van der Waals surface area contributed by atoms with E-state index in [4.69, 9.17) is 0 Å². The lowest BCUT2D eigenvalue weighted by Gasteiger charge is -2.31. The van der Waals surface area contributed by atoms with Crippen LogP contribution in [0, 0.1) is 5.92 Å². The van der Waals surface area contributed by atoms with Gasteiger partial charge < -0.3 is 5.32 Å². The van der Waals surface area contributed by atoms with Gasteiger partial charge in [-0.1, -0.05) is 40.2 Å². The molecule has 0 unspecified atom stereocenters. The fourth-order valence-corrected chi connectivity index (χ4v) is 4.21. The number of hydrogen-bond acceptors (Lipinski definition) is 3. The monoisotopic (exact) mass is 418 g/mol. The summed E-state index contributed by atoms with van der Waals surface area (Å²) >= 11 is 5.31. The Kier molecular flexibility index (Phi) is 6.84. The molecule has 1 saturated heterocycles. The van der Waals surface area contributed by atoms with E-state index < -0.39 is 0 Å². The van der Waals surface area contributed by atoms with Gasteiger partial charge in [0, 0.05) is 28.5 Å². The minimum atomic E-state index is -0.0169. The molecule has 1 aliphatic rings. The molecule has 25 heavy (non-hydrogen) atoms. The van der Waals surface area contributed by atoms with Crippen LogP contribution in [0.4, 0.5) is 0 Å². The lowest BCUT2D eigenvalue weighted by molar-refractivity contribution is -0.116. The number of carbonyl (C=O) groups excluding carboxylic acids is 1. The van der Waals surface area contributed by atoms with Crippen molar-refractivity contribution in [1.82, 2.24) is 10.2 Å². The Morgan fingerprint density at radius 3 is 2.76 bits per heavy atom. The number of amides is 1. The van der Waals surface area contributed by atoms with Crippen molar-refractivity contribution in [3.63, 3.8) is 0 Å². The Bertz CT molecular complexity index is 706. The molecule has 132 valence electrons. The summed E-state index contributed by atoms with van der Waals surface area (Å²) in [5.74, 6) is 0.567. The van der Waals surface area contributed by atoms with Gasteiger partial charge in [0.2, 0.25) is 5.91 Å². The number of hydrogen-bond donors (Lipinski definition) is 1. The van der Waals surface area contributed by atoms with Crippen LogP contribution in [0.1, 0.15) is 23.3 Å².